The van der Waals surface area contributed by atoms with Gasteiger partial charge in [0.15, 0.2) is 0 Å². The first kappa shape index (κ1) is 33.9. The summed E-state index contributed by atoms with van der Waals surface area (Å²) in [5.41, 5.74) is 1.87. The molecule has 0 radical (unpaired) electrons. The first-order valence-electron chi connectivity index (χ1n) is 17.7. The summed E-state index contributed by atoms with van der Waals surface area (Å²) in [4.78, 5) is 72.0. The van der Waals surface area contributed by atoms with Gasteiger partial charge in [-0.15, -0.1) is 0 Å². The lowest BCUT2D eigenvalue weighted by atomic mass is 9.48. The Hall–Kier alpha value is -5.22. The average Bonchev–Trinajstić information content (AvgIpc) is 3.51. The van der Waals surface area contributed by atoms with E-state index in [9.17, 15) is 24.3 Å². The Bertz CT molecular complexity index is 2080. The van der Waals surface area contributed by atoms with Crippen molar-refractivity contribution in [1.29, 1.82) is 0 Å². The summed E-state index contributed by atoms with van der Waals surface area (Å²) in [6, 6.07) is 20.8. The number of halogens is 1. The maximum atomic E-state index is 15.4. The number of hydrogen-bond donors (Lipinski definition) is 2. The topological polar surface area (TPSA) is 142 Å². The number of carbonyl (C=O) groups excluding carboxylic acids is 4. The molecule has 3 aliphatic heterocycles. The van der Waals surface area contributed by atoms with Crippen molar-refractivity contribution >= 4 is 46.9 Å². The largest absolute Gasteiger partial charge is 0.508 e. The molecule has 0 spiro atoms. The van der Waals surface area contributed by atoms with E-state index in [1.54, 1.807) is 48.7 Å². The van der Waals surface area contributed by atoms with Crippen molar-refractivity contribution in [3.63, 3.8) is 0 Å². The third kappa shape index (κ3) is 5.26. The number of hydrogen-bond acceptors (Lipinski definition) is 7. The zero-order valence-electron chi connectivity index (χ0n) is 28.2. The Morgan fingerprint density at radius 1 is 0.904 bits per heavy atom. The molecule has 6 atom stereocenters. The number of aliphatic carboxylic acids is 1. The minimum Gasteiger partial charge on any atom is -0.508 e. The molecule has 2 saturated heterocycles. The molecule has 3 aromatic rings. The van der Waals surface area contributed by atoms with Crippen LogP contribution in [0.25, 0.3) is 0 Å². The Morgan fingerprint density at radius 2 is 1.71 bits per heavy atom. The molecular weight excluding hydrogens is 684 g/mol. The molecule has 4 amide bonds. The van der Waals surface area contributed by atoms with Gasteiger partial charge in [-0.2, -0.15) is 0 Å². The highest BCUT2D eigenvalue weighted by Gasteiger charge is 2.70. The van der Waals surface area contributed by atoms with E-state index in [4.69, 9.17) is 21.4 Å². The van der Waals surface area contributed by atoms with Gasteiger partial charge in [-0.1, -0.05) is 66.1 Å². The van der Waals surface area contributed by atoms with Crippen LogP contribution < -0.4 is 9.64 Å². The number of phenolic OH excluding ortho intramolecular Hbond substituents is 1. The van der Waals surface area contributed by atoms with Crippen molar-refractivity contribution in [2.24, 2.45) is 29.6 Å². The molecule has 10 nitrogen and oxygen atoms in total. The van der Waals surface area contributed by atoms with Gasteiger partial charge >= 0.3 is 5.97 Å². The highest BCUT2D eigenvalue weighted by molar-refractivity contribution is 6.32. The number of carboxylic acids is 1. The van der Waals surface area contributed by atoms with Gasteiger partial charge in [-0.3, -0.25) is 28.9 Å². The number of allylic oxidation sites excluding steroid dienone is 3. The third-order valence-corrected chi connectivity index (χ3v) is 11.9. The second-order valence-electron chi connectivity index (χ2n) is 14.4. The van der Waals surface area contributed by atoms with E-state index in [1.165, 1.54) is 9.80 Å². The molecule has 3 fully saturated rings. The lowest BCUT2D eigenvalue weighted by molar-refractivity contribution is -0.141. The van der Waals surface area contributed by atoms with Gasteiger partial charge in [0.1, 0.15) is 11.5 Å². The maximum Gasteiger partial charge on any atom is 0.303 e. The number of ether oxygens (including phenoxy) is 1. The standard InChI is InChI=1S/C41H37ClN2O8/c42-26-10-7-11-27(20-26)44-38(49)32-21-31-29(14-15-30-35(31)39(50)43(37(30)48)17-6-2-5-12-34(46)47)36(41(32,40(44)51)25-8-3-1-4-9-25)24-18-23-19-28(45)13-16-33(23)52-22-24/h1,3-4,7-11,13-14,16,19-20,22,30-32,35-36,45H,2,5-6,12,15,17-18,21H2,(H,46,47)/t30-,31+,32-,35-,36-,41+/m0/s1. The molecular formula is C41H37ClN2O8. The van der Waals surface area contributed by atoms with Gasteiger partial charge < -0.3 is 14.9 Å². The summed E-state index contributed by atoms with van der Waals surface area (Å²) in [6.07, 6.45) is 5.99. The number of rotatable bonds is 9. The molecule has 266 valence electrons. The Morgan fingerprint density at radius 3 is 2.48 bits per heavy atom. The normalized spacial score (nSPS) is 27.7. The van der Waals surface area contributed by atoms with Crippen LogP contribution in [0.15, 0.2) is 96.3 Å². The second kappa shape index (κ2) is 13.1. The molecule has 8 rings (SSSR count). The second-order valence-corrected chi connectivity index (χ2v) is 14.8. The van der Waals surface area contributed by atoms with Crippen LogP contribution in [0.1, 0.15) is 49.7 Å². The maximum absolute atomic E-state index is 15.4. The quantitative estimate of drug-likeness (QED) is 0.151. The number of unbranched alkanes of at least 4 members (excludes halogenated alkanes) is 2. The highest BCUT2D eigenvalue weighted by atomic mass is 35.5. The van der Waals surface area contributed by atoms with Crippen molar-refractivity contribution < 1.29 is 38.9 Å². The summed E-state index contributed by atoms with van der Waals surface area (Å²) in [6.45, 7) is 0.201. The van der Waals surface area contributed by atoms with E-state index in [-0.39, 0.29) is 37.0 Å². The summed E-state index contributed by atoms with van der Waals surface area (Å²) in [7, 11) is 0. The van der Waals surface area contributed by atoms with Crippen molar-refractivity contribution in [3.8, 4) is 11.5 Å². The molecule has 1 saturated carbocycles. The fraction of sp³-hybridized carbons (Fsp3) is 0.341. The van der Waals surface area contributed by atoms with Crippen molar-refractivity contribution in [2.75, 3.05) is 11.4 Å². The number of anilines is 1. The fourth-order valence-corrected chi connectivity index (χ4v) is 9.75. The molecule has 52 heavy (non-hydrogen) atoms. The number of fused-ring (bicyclic) bond motifs is 5. The number of carbonyl (C=O) groups is 5. The lowest BCUT2D eigenvalue weighted by Crippen LogP contribution is -2.55. The minimum atomic E-state index is -1.42. The predicted molar refractivity (Wildman–Crippen MR) is 190 cm³/mol. The number of imide groups is 2. The highest BCUT2D eigenvalue weighted by Crippen LogP contribution is 2.63. The first-order valence-corrected chi connectivity index (χ1v) is 18.1. The molecule has 5 aliphatic rings. The number of benzene rings is 3. The van der Waals surface area contributed by atoms with Crippen molar-refractivity contribution in [1.82, 2.24) is 4.90 Å². The third-order valence-electron chi connectivity index (χ3n) is 11.7. The van der Waals surface area contributed by atoms with Gasteiger partial charge in [0.25, 0.3) is 0 Å². The van der Waals surface area contributed by atoms with Crippen molar-refractivity contribution in [2.45, 2.75) is 50.4 Å². The SMILES string of the molecule is O=C(O)CCCCCN1C(=O)[C@H]2[C@H](CC=C3[C@H](C4=COc5ccc(O)cc5C4)[C@]4(c5ccccc5)C(=O)N(c5cccc(Cl)c5)C(=O)[C@@H]4C[C@H]32)C1=O. The summed E-state index contributed by atoms with van der Waals surface area (Å²) in [5.74, 6) is -5.03. The lowest BCUT2D eigenvalue weighted by Gasteiger charge is -2.51. The van der Waals surface area contributed by atoms with Gasteiger partial charge in [0, 0.05) is 35.9 Å². The van der Waals surface area contributed by atoms with Crippen LogP contribution in [0.4, 0.5) is 5.69 Å². The number of aromatic hydroxyl groups is 1. The number of phenols is 1. The predicted octanol–water partition coefficient (Wildman–Crippen LogP) is 6.20. The molecule has 3 heterocycles. The van der Waals surface area contributed by atoms with Crippen molar-refractivity contribution in [3.05, 3.63) is 112 Å². The molecule has 11 heteroatoms. The Labute approximate surface area is 305 Å². The van der Waals surface area contributed by atoms with Gasteiger partial charge in [0.2, 0.25) is 23.6 Å². The van der Waals surface area contributed by atoms with Crippen LogP contribution in [-0.2, 0) is 35.8 Å². The fourth-order valence-electron chi connectivity index (χ4n) is 9.57. The van der Waals surface area contributed by atoms with Crippen LogP contribution in [0.5, 0.6) is 11.5 Å². The number of amides is 4. The zero-order chi connectivity index (χ0) is 36.3. The van der Waals surface area contributed by atoms with Crippen LogP contribution in [0.3, 0.4) is 0 Å². The number of carboxylic acid groups (broad SMARTS) is 1. The number of nitrogens with zero attached hydrogens (tertiary/aromatic N) is 2. The van der Waals surface area contributed by atoms with E-state index in [2.05, 4.69) is 0 Å². The number of likely N-dealkylation sites (tertiary alicyclic amines) is 1. The van der Waals surface area contributed by atoms with Crippen LogP contribution in [0.2, 0.25) is 5.02 Å². The molecule has 0 bridgehead atoms. The minimum absolute atomic E-state index is 0.0248. The average molecular weight is 721 g/mol. The van der Waals surface area contributed by atoms with Gasteiger partial charge in [-0.05, 0) is 79.1 Å². The van der Waals surface area contributed by atoms with Crippen LogP contribution in [0, 0.1) is 29.6 Å². The molecule has 2 N–H and O–H groups in total. The van der Waals surface area contributed by atoms with Crippen LogP contribution >= 0.6 is 11.6 Å². The molecule has 0 aromatic heterocycles. The summed E-state index contributed by atoms with van der Waals surface area (Å²) in [5, 5.41) is 19.8. The van der Waals surface area contributed by atoms with E-state index in [1.807, 2.05) is 36.4 Å². The smallest absolute Gasteiger partial charge is 0.303 e. The summed E-state index contributed by atoms with van der Waals surface area (Å²) >= 11 is 6.40. The van der Waals surface area contributed by atoms with E-state index < -0.39 is 52.8 Å². The molecule has 3 aromatic carbocycles. The van der Waals surface area contributed by atoms with E-state index in [0.717, 1.165) is 16.7 Å². The Kier molecular flexibility index (Phi) is 8.53. The van der Waals surface area contributed by atoms with E-state index in [0.29, 0.717) is 54.1 Å². The van der Waals surface area contributed by atoms with Crippen LogP contribution in [-0.4, -0.2) is 51.3 Å². The van der Waals surface area contributed by atoms with E-state index >= 15 is 4.79 Å². The summed E-state index contributed by atoms with van der Waals surface area (Å²) < 4.78 is 6.17. The molecule has 2 aliphatic carbocycles. The van der Waals surface area contributed by atoms with Gasteiger partial charge in [-0.25, -0.2) is 4.90 Å². The first-order chi connectivity index (χ1) is 25.1. The zero-order valence-corrected chi connectivity index (χ0v) is 29.0. The Balaban J connectivity index is 1.26. The molecule has 0 unspecified atom stereocenters. The van der Waals surface area contributed by atoms with Gasteiger partial charge in [0.05, 0.1) is 35.1 Å². The monoisotopic (exact) mass is 720 g/mol.